The Balaban J connectivity index is 0.000000216. The van der Waals surface area contributed by atoms with Gasteiger partial charge in [-0.1, -0.05) is 97.9 Å². The summed E-state index contributed by atoms with van der Waals surface area (Å²) in [6.07, 6.45) is 4.61. The van der Waals surface area contributed by atoms with Crippen LogP contribution in [0.3, 0.4) is 0 Å². The van der Waals surface area contributed by atoms with Gasteiger partial charge in [0.2, 0.25) is 4.46 Å². The third kappa shape index (κ3) is 8.85. The molecule has 4 aromatic rings. The number of amides is 1. The van der Waals surface area contributed by atoms with Gasteiger partial charge >= 0.3 is 6.09 Å². The van der Waals surface area contributed by atoms with Crippen molar-refractivity contribution in [2.24, 2.45) is 0 Å². The first-order valence-corrected chi connectivity index (χ1v) is 12.6. The molecule has 1 amide bonds. The normalized spacial score (nSPS) is 13.1. The summed E-state index contributed by atoms with van der Waals surface area (Å²) in [6.45, 7) is 0. The molecule has 1 aliphatic heterocycles. The van der Waals surface area contributed by atoms with Crippen LogP contribution in [0.4, 0.5) is 4.79 Å². The molecule has 5 rings (SSSR count). The van der Waals surface area contributed by atoms with Gasteiger partial charge in [-0.2, -0.15) is 12.1 Å². The second kappa shape index (κ2) is 14.7. The van der Waals surface area contributed by atoms with E-state index in [0.29, 0.717) is 0 Å². The zero-order valence-electron chi connectivity index (χ0n) is 18.6. The Kier molecular flexibility index (Phi) is 12.1. The van der Waals surface area contributed by atoms with Crippen LogP contribution in [0.2, 0.25) is 0 Å². The summed E-state index contributed by atoms with van der Waals surface area (Å²) in [6, 6.07) is 40.2. The van der Waals surface area contributed by atoms with E-state index in [1.807, 2.05) is 30.3 Å². The van der Waals surface area contributed by atoms with E-state index in [0.717, 1.165) is 4.90 Å². The van der Waals surface area contributed by atoms with Crippen molar-refractivity contribution in [2.45, 2.75) is 4.46 Å². The van der Waals surface area contributed by atoms with E-state index in [-0.39, 0.29) is 17.1 Å². The van der Waals surface area contributed by atoms with Crippen LogP contribution in [0.5, 0.6) is 0 Å². The molecule has 35 heavy (non-hydrogen) atoms. The standard InChI is InChI=1S/C17H14P.C6H5Cl2NO2.C5H5.Fe/c1-3-9-15(10-4-1)18(17-13-7-8-14-17)16-11-5-2-6-12-16;7-6(8)3-1-2-4-9(6)5(10)11;1-2-4-5-3-1;/h1-14H;1-4H,(H,10,11);1-5H;/q-1;;-5;. The van der Waals surface area contributed by atoms with Gasteiger partial charge in [-0.15, -0.1) is 5.30 Å². The van der Waals surface area contributed by atoms with E-state index in [4.69, 9.17) is 28.3 Å². The average Bonchev–Trinajstić information content (AvgIpc) is 3.58. The number of carbonyl (C=O) groups is 1. The molecule has 0 atom stereocenters. The molecular weight excluding hydrogens is 540 g/mol. The molecule has 3 nitrogen and oxygen atoms in total. The Morgan fingerprint density at radius 3 is 1.63 bits per heavy atom. The number of hydrogen-bond acceptors (Lipinski definition) is 1. The molecule has 186 valence electrons. The van der Waals surface area contributed by atoms with Crippen molar-refractivity contribution in [3.05, 3.63) is 140 Å². The fraction of sp³-hybridized carbons (Fsp3) is 0.0357. The Morgan fingerprint density at radius 1 is 0.800 bits per heavy atom. The molecule has 0 saturated carbocycles. The molecule has 0 radical (unpaired) electrons. The van der Waals surface area contributed by atoms with E-state index in [1.54, 1.807) is 6.08 Å². The smallest absolute Gasteiger partial charge is 0.414 e. The van der Waals surface area contributed by atoms with Crippen molar-refractivity contribution in [3.8, 4) is 0 Å². The van der Waals surface area contributed by atoms with Crippen LogP contribution in [-0.2, 0) is 17.1 Å². The van der Waals surface area contributed by atoms with Gasteiger partial charge in [-0.25, -0.2) is 21.8 Å². The molecule has 1 heterocycles. The number of hydrogen-bond donors (Lipinski definition) is 1. The van der Waals surface area contributed by atoms with Crippen LogP contribution in [0.1, 0.15) is 0 Å². The van der Waals surface area contributed by atoms with Crippen molar-refractivity contribution < 1.29 is 27.0 Å². The van der Waals surface area contributed by atoms with E-state index in [9.17, 15) is 4.79 Å². The topological polar surface area (TPSA) is 40.5 Å². The van der Waals surface area contributed by atoms with Crippen LogP contribution in [0, 0.1) is 0 Å². The van der Waals surface area contributed by atoms with Crippen molar-refractivity contribution in [1.29, 1.82) is 0 Å². The predicted molar refractivity (Wildman–Crippen MR) is 145 cm³/mol. The van der Waals surface area contributed by atoms with Crippen molar-refractivity contribution >= 4 is 53.1 Å². The monoisotopic (exact) mass is 563 g/mol. The molecule has 4 aromatic carbocycles. The second-order valence-corrected chi connectivity index (χ2v) is 10.6. The van der Waals surface area contributed by atoms with Crippen molar-refractivity contribution in [2.75, 3.05) is 0 Å². The molecule has 7 heteroatoms. The van der Waals surface area contributed by atoms with Crippen LogP contribution >= 0.6 is 31.1 Å². The fourth-order valence-corrected chi connectivity index (χ4v) is 5.82. The Hall–Kier alpha value is -2.58. The van der Waals surface area contributed by atoms with Gasteiger partial charge in [-0.05, 0) is 22.8 Å². The molecule has 1 aliphatic rings. The van der Waals surface area contributed by atoms with Gasteiger partial charge < -0.3 is 35.4 Å². The van der Waals surface area contributed by atoms with Gasteiger partial charge in [-0.3, -0.25) is 0 Å². The molecule has 0 saturated heterocycles. The molecule has 0 bridgehead atoms. The molecule has 0 aromatic heterocycles. The second-order valence-electron chi connectivity index (χ2n) is 7.05. The van der Waals surface area contributed by atoms with Gasteiger partial charge in [0.15, 0.2) is 0 Å². The van der Waals surface area contributed by atoms with Gasteiger partial charge in [0, 0.05) is 23.3 Å². The van der Waals surface area contributed by atoms with Crippen LogP contribution < -0.4 is 15.9 Å². The molecule has 1 N–H and O–H groups in total. The number of nitrogens with zero attached hydrogens (tertiary/aromatic N) is 1. The number of alkyl halides is 2. The van der Waals surface area contributed by atoms with E-state index < -0.39 is 18.5 Å². The molecule has 0 aliphatic carbocycles. The molecular formula is C28H24Cl2FeNO2P-6. The minimum Gasteiger partial charge on any atom is -0.748 e. The number of carboxylic acid groups (broad SMARTS) is 1. The summed E-state index contributed by atoms with van der Waals surface area (Å²) in [5.74, 6) is 0. The van der Waals surface area contributed by atoms with Gasteiger partial charge in [0.1, 0.15) is 0 Å². The van der Waals surface area contributed by atoms with E-state index in [2.05, 4.69) is 84.9 Å². The summed E-state index contributed by atoms with van der Waals surface area (Å²) in [5.41, 5.74) is 0. The zero-order chi connectivity index (χ0) is 24.2. The summed E-state index contributed by atoms with van der Waals surface area (Å²) in [5, 5.41) is 12.8. The van der Waals surface area contributed by atoms with Gasteiger partial charge in [0.05, 0.1) is 0 Å². The quantitative estimate of drug-likeness (QED) is 0.0984. The average molecular weight is 564 g/mol. The van der Waals surface area contributed by atoms with Crippen LogP contribution in [0.25, 0.3) is 0 Å². The zero-order valence-corrected chi connectivity index (χ0v) is 22.1. The summed E-state index contributed by atoms with van der Waals surface area (Å²) < 4.78 is -1.47. The maximum atomic E-state index is 10.4. The van der Waals surface area contributed by atoms with Crippen molar-refractivity contribution in [3.63, 3.8) is 0 Å². The SMILES string of the molecule is O=C(O)N1C=CC=CC1(Cl)Cl.[Fe].[cH-]1[cH-][cH-][cH-][cH-]1.c1ccc(P(c2ccccc2)[c-]2cccc2)cc1. The molecule has 0 unspecified atom stereocenters. The Bertz CT molecular complexity index is 1110. The summed E-state index contributed by atoms with van der Waals surface area (Å²) in [7, 11) is -0.409. The molecule has 0 spiro atoms. The maximum Gasteiger partial charge on any atom is 0.414 e. The van der Waals surface area contributed by atoms with Crippen molar-refractivity contribution in [1.82, 2.24) is 4.90 Å². The van der Waals surface area contributed by atoms with E-state index in [1.165, 1.54) is 34.3 Å². The molecule has 0 fully saturated rings. The Labute approximate surface area is 228 Å². The number of halogens is 2. The maximum absolute atomic E-state index is 10.4. The third-order valence-corrected chi connectivity index (χ3v) is 7.72. The number of allylic oxidation sites excluding steroid dienone is 2. The third-order valence-electron chi connectivity index (χ3n) is 4.66. The number of rotatable bonds is 3. The van der Waals surface area contributed by atoms with E-state index >= 15 is 0 Å². The Morgan fingerprint density at radius 2 is 1.26 bits per heavy atom. The minimum absolute atomic E-state index is 0. The fourth-order valence-electron chi connectivity index (χ4n) is 3.11. The predicted octanol–water partition coefficient (Wildman–Crippen LogP) is 6.75. The van der Waals surface area contributed by atoms with Crippen LogP contribution in [0.15, 0.2) is 140 Å². The number of benzene rings is 2. The largest absolute Gasteiger partial charge is 0.748 e. The minimum atomic E-state index is -1.47. The van der Waals surface area contributed by atoms with Gasteiger partial charge in [0.25, 0.3) is 0 Å². The first-order chi connectivity index (χ1) is 16.5. The first kappa shape index (κ1) is 28.7. The summed E-state index contributed by atoms with van der Waals surface area (Å²) >= 11 is 11.2. The first-order valence-electron chi connectivity index (χ1n) is 10.5. The van der Waals surface area contributed by atoms with Crippen LogP contribution in [-0.4, -0.2) is 20.6 Å². The summed E-state index contributed by atoms with van der Waals surface area (Å²) in [4.78, 5) is 11.2.